The second kappa shape index (κ2) is 4.26. The van der Waals surface area contributed by atoms with Crippen molar-refractivity contribution in [1.29, 1.82) is 0 Å². The molecule has 0 radical (unpaired) electrons. The molecule has 1 aliphatic rings. The molecule has 16 heavy (non-hydrogen) atoms. The topological polar surface area (TPSA) is 65.2 Å². The van der Waals surface area contributed by atoms with Gasteiger partial charge in [-0.15, -0.1) is 0 Å². The molecule has 2 N–H and O–H groups in total. The molecule has 0 spiro atoms. The Morgan fingerprint density at radius 1 is 1.50 bits per heavy atom. The average Bonchev–Trinajstić information content (AvgIpc) is 2.80. The number of guanidine groups is 2. The zero-order valence-electron chi connectivity index (χ0n) is 9.56. The summed E-state index contributed by atoms with van der Waals surface area (Å²) in [6.07, 6.45) is 3.21. The van der Waals surface area contributed by atoms with Crippen molar-refractivity contribution < 1.29 is 4.42 Å². The highest BCUT2D eigenvalue weighted by molar-refractivity contribution is 6.07. The Labute approximate surface area is 94.1 Å². The highest BCUT2D eigenvalue weighted by Crippen LogP contribution is 2.13. The zero-order valence-corrected chi connectivity index (χ0v) is 9.56. The summed E-state index contributed by atoms with van der Waals surface area (Å²) in [5.41, 5.74) is 0.941. The zero-order chi connectivity index (χ0) is 11.5. The molecule has 0 amide bonds. The Bertz CT molecular complexity index is 409. The molecule has 0 aromatic carbocycles. The first-order valence-electron chi connectivity index (χ1n) is 5.07. The first-order valence-corrected chi connectivity index (χ1v) is 5.07. The van der Waals surface area contributed by atoms with Gasteiger partial charge in [0.05, 0.1) is 12.0 Å². The number of hydrogen-bond donors (Lipinski definition) is 2. The Morgan fingerprint density at radius 3 is 2.94 bits per heavy atom. The summed E-state index contributed by atoms with van der Waals surface area (Å²) in [4.78, 5) is 10.6. The Hall–Kier alpha value is -1.98. The Morgan fingerprint density at radius 2 is 2.31 bits per heavy atom. The van der Waals surface area contributed by atoms with Crippen molar-refractivity contribution in [2.45, 2.75) is 13.1 Å². The smallest absolute Gasteiger partial charge is 0.207 e. The summed E-state index contributed by atoms with van der Waals surface area (Å²) in [7, 11) is 3.74. The lowest BCUT2D eigenvalue weighted by Crippen LogP contribution is -2.49. The van der Waals surface area contributed by atoms with E-state index in [1.54, 1.807) is 12.5 Å². The van der Waals surface area contributed by atoms with Gasteiger partial charge in [0.15, 0.2) is 5.96 Å². The minimum atomic E-state index is -0.0898. The number of nitrogens with one attached hydrogen (secondary N) is 2. The van der Waals surface area contributed by atoms with Crippen molar-refractivity contribution in [3.8, 4) is 0 Å². The van der Waals surface area contributed by atoms with Crippen LogP contribution in [0.5, 0.6) is 0 Å². The van der Waals surface area contributed by atoms with Gasteiger partial charge in [-0.25, -0.2) is 9.98 Å². The summed E-state index contributed by atoms with van der Waals surface area (Å²) in [5, 5.41) is 6.07. The standard InChI is InChI=1S/C10H15N5O/c1-7-12-9(11-2)14-10(13-7)15(3)8-4-5-16-6-8/h4-7H,1-3H3,(H2,11,12,13,14). The van der Waals surface area contributed by atoms with Gasteiger partial charge in [-0.1, -0.05) is 0 Å². The van der Waals surface area contributed by atoms with Crippen LogP contribution in [-0.4, -0.2) is 32.2 Å². The number of aliphatic imine (C=N–C) groups is 2. The maximum atomic E-state index is 5.04. The summed E-state index contributed by atoms with van der Waals surface area (Å²) in [5.74, 6) is 1.46. The number of furan rings is 1. The molecule has 0 saturated carbocycles. The molecule has 1 aliphatic heterocycles. The van der Waals surface area contributed by atoms with Gasteiger partial charge in [0.2, 0.25) is 5.96 Å². The monoisotopic (exact) mass is 221 g/mol. The Balaban J connectivity index is 2.16. The summed E-state index contributed by atoms with van der Waals surface area (Å²) in [6, 6.07) is 1.87. The fraction of sp³-hybridized carbons (Fsp3) is 0.400. The normalized spacial score (nSPS) is 19.6. The molecule has 6 nitrogen and oxygen atoms in total. The maximum Gasteiger partial charge on any atom is 0.207 e. The third kappa shape index (κ3) is 2.00. The minimum absolute atomic E-state index is 0.0898. The van der Waals surface area contributed by atoms with E-state index >= 15 is 0 Å². The molecule has 6 heteroatoms. The maximum absolute atomic E-state index is 5.04. The fourth-order valence-corrected chi connectivity index (χ4v) is 1.43. The van der Waals surface area contributed by atoms with Gasteiger partial charge in [-0.3, -0.25) is 5.32 Å². The van der Waals surface area contributed by atoms with Gasteiger partial charge in [-0.05, 0) is 6.92 Å². The molecule has 2 rings (SSSR count). The van der Waals surface area contributed by atoms with Crippen LogP contribution in [0.15, 0.2) is 33.0 Å². The molecule has 1 aromatic heterocycles. The third-order valence-electron chi connectivity index (χ3n) is 2.30. The van der Waals surface area contributed by atoms with Crippen molar-refractivity contribution >= 4 is 17.6 Å². The van der Waals surface area contributed by atoms with Crippen molar-refractivity contribution in [1.82, 2.24) is 10.6 Å². The van der Waals surface area contributed by atoms with Crippen LogP contribution >= 0.6 is 0 Å². The fourth-order valence-electron chi connectivity index (χ4n) is 1.43. The number of rotatable bonds is 1. The molecule has 1 aromatic rings. The van der Waals surface area contributed by atoms with Crippen molar-refractivity contribution in [2.24, 2.45) is 9.98 Å². The van der Waals surface area contributed by atoms with E-state index in [0.29, 0.717) is 5.96 Å². The molecule has 2 heterocycles. The largest absolute Gasteiger partial charge is 0.470 e. The first kappa shape index (κ1) is 10.5. The molecule has 0 aliphatic carbocycles. The second-order valence-corrected chi connectivity index (χ2v) is 3.48. The highest BCUT2D eigenvalue weighted by atomic mass is 16.3. The molecule has 1 unspecified atom stereocenters. The van der Waals surface area contributed by atoms with Gasteiger partial charge < -0.3 is 14.6 Å². The van der Waals surface area contributed by atoms with Crippen molar-refractivity contribution in [2.75, 3.05) is 19.0 Å². The molecule has 0 saturated heterocycles. The van der Waals surface area contributed by atoms with Crippen molar-refractivity contribution in [3.63, 3.8) is 0 Å². The predicted molar refractivity (Wildman–Crippen MR) is 63.6 cm³/mol. The van der Waals surface area contributed by atoms with Gasteiger partial charge in [0.1, 0.15) is 12.4 Å². The number of anilines is 1. The number of hydrogen-bond acceptors (Lipinski definition) is 6. The summed E-state index contributed by atoms with van der Waals surface area (Å²) in [6.45, 7) is 1.93. The predicted octanol–water partition coefficient (Wildman–Crippen LogP) is 0.596. The summed E-state index contributed by atoms with van der Waals surface area (Å²) >= 11 is 0. The molecular weight excluding hydrogens is 206 g/mol. The van der Waals surface area contributed by atoms with E-state index in [0.717, 1.165) is 11.6 Å². The first-order chi connectivity index (χ1) is 7.70. The van der Waals surface area contributed by atoms with Crippen molar-refractivity contribution in [3.05, 3.63) is 18.6 Å². The van der Waals surface area contributed by atoms with Gasteiger partial charge in [0, 0.05) is 20.2 Å². The van der Waals surface area contributed by atoms with E-state index in [4.69, 9.17) is 4.42 Å². The lowest BCUT2D eigenvalue weighted by Gasteiger charge is -2.25. The SMILES string of the molecule is CNC1=NC(C)N=C(N(C)c2ccoc2)N1. The van der Waals surface area contributed by atoms with Gasteiger partial charge in [-0.2, -0.15) is 0 Å². The van der Waals surface area contributed by atoms with Crippen LogP contribution in [0.2, 0.25) is 0 Å². The lowest BCUT2D eigenvalue weighted by atomic mass is 10.4. The average molecular weight is 221 g/mol. The lowest BCUT2D eigenvalue weighted by molar-refractivity contribution is 0.567. The van der Waals surface area contributed by atoms with E-state index in [1.807, 2.05) is 32.0 Å². The van der Waals surface area contributed by atoms with Crippen LogP contribution in [0.3, 0.4) is 0 Å². The highest BCUT2D eigenvalue weighted by Gasteiger charge is 2.17. The second-order valence-electron chi connectivity index (χ2n) is 3.48. The van der Waals surface area contributed by atoms with E-state index in [2.05, 4.69) is 20.6 Å². The molecule has 1 atom stereocenters. The quantitative estimate of drug-likeness (QED) is 0.728. The molecule has 0 fully saturated rings. The van der Waals surface area contributed by atoms with E-state index < -0.39 is 0 Å². The van der Waals surface area contributed by atoms with Crippen LogP contribution in [0.1, 0.15) is 6.92 Å². The molecule has 0 bridgehead atoms. The van der Waals surface area contributed by atoms with E-state index in [1.165, 1.54) is 0 Å². The number of nitrogens with zero attached hydrogens (tertiary/aromatic N) is 3. The Kier molecular flexibility index (Phi) is 2.80. The third-order valence-corrected chi connectivity index (χ3v) is 2.30. The van der Waals surface area contributed by atoms with Crippen LogP contribution in [0.25, 0.3) is 0 Å². The molecular formula is C10H15N5O. The molecule has 86 valence electrons. The van der Waals surface area contributed by atoms with E-state index in [-0.39, 0.29) is 6.17 Å². The van der Waals surface area contributed by atoms with Gasteiger partial charge in [0.25, 0.3) is 0 Å². The van der Waals surface area contributed by atoms with E-state index in [9.17, 15) is 0 Å². The summed E-state index contributed by atoms with van der Waals surface area (Å²) < 4.78 is 5.04. The van der Waals surface area contributed by atoms with Crippen LogP contribution < -0.4 is 15.5 Å². The minimum Gasteiger partial charge on any atom is -0.470 e. The van der Waals surface area contributed by atoms with Crippen LogP contribution in [0, 0.1) is 0 Å². The van der Waals surface area contributed by atoms with Crippen LogP contribution in [0.4, 0.5) is 5.69 Å². The van der Waals surface area contributed by atoms with Gasteiger partial charge >= 0.3 is 0 Å². The van der Waals surface area contributed by atoms with Crippen LogP contribution in [-0.2, 0) is 0 Å².